The number of aryl methyl sites for hydroxylation is 1. The molecule has 0 N–H and O–H groups in total. The monoisotopic (exact) mass is 206 g/mol. The van der Waals surface area contributed by atoms with Gasteiger partial charge in [-0.25, -0.2) is 4.98 Å². The van der Waals surface area contributed by atoms with E-state index in [2.05, 4.69) is 9.97 Å². The summed E-state index contributed by atoms with van der Waals surface area (Å²) in [6, 6.07) is 3.73. The van der Waals surface area contributed by atoms with Crippen molar-refractivity contribution in [3.05, 3.63) is 40.6 Å². The SMILES string of the molecule is Cc1nc(COc2cccnc2)cs1. The predicted octanol–water partition coefficient (Wildman–Crippen LogP) is 2.43. The van der Waals surface area contributed by atoms with Crippen LogP contribution in [-0.2, 0) is 6.61 Å². The lowest BCUT2D eigenvalue weighted by Gasteiger charge is -2.01. The molecule has 0 saturated heterocycles. The standard InChI is InChI=1S/C10H10N2OS/c1-8-12-9(7-14-8)6-13-10-3-2-4-11-5-10/h2-5,7H,6H2,1H3. The van der Waals surface area contributed by atoms with Crippen LogP contribution in [0, 0.1) is 6.92 Å². The van der Waals surface area contributed by atoms with Gasteiger partial charge in [-0.2, -0.15) is 0 Å². The number of ether oxygens (including phenoxy) is 1. The van der Waals surface area contributed by atoms with E-state index in [0.717, 1.165) is 16.5 Å². The molecule has 0 saturated carbocycles. The molecule has 2 aromatic rings. The second-order valence-corrected chi connectivity index (χ2v) is 3.90. The van der Waals surface area contributed by atoms with Crippen LogP contribution in [0.1, 0.15) is 10.7 Å². The summed E-state index contributed by atoms with van der Waals surface area (Å²) in [5.74, 6) is 0.776. The van der Waals surface area contributed by atoms with E-state index in [1.165, 1.54) is 0 Å². The number of thiazole rings is 1. The van der Waals surface area contributed by atoms with Crippen LogP contribution in [0.3, 0.4) is 0 Å². The molecule has 2 heterocycles. The van der Waals surface area contributed by atoms with Crippen LogP contribution in [0.2, 0.25) is 0 Å². The largest absolute Gasteiger partial charge is 0.486 e. The van der Waals surface area contributed by atoms with Crippen molar-refractivity contribution in [2.75, 3.05) is 0 Å². The van der Waals surface area contributed by atoms with Gasteiger partial charge in [0.25, 0.3) is 0 Å². The lowest BCUT2D eigenvalue weighted by Crippen LogP contribution is -1.95. The summed E-state index contributed by atoms with van der Waals surface area (Å²) in [5, 5.41) is 3.07. The van der Waals surface area contributed by atoms with Crippen LogP contribution >= 0.6 is 11.3 Å². The Balaban J connectivity index is 1.95. The van der Waals surface area contributed by atoms with E-state index in [1.807, 2.05) is 24.4 Å². The number of rotatable bonds is 3. The molecule has 2 aromatic heterocycles. The molecule has 0 amide bonds. The van der Waals surface area contributed by atoms with Crippen LogP contribution < -0.4 is 4.74 Å². The van der Waals surface area contributed by atoms with Crippen molar-refractivity contribution in [1.82, 2.24) is 9.97 Å². The second-order valence-electron chi connectivity index (χ2n) is 2.84. The highest BCUT2D eigenvalue weighted by atomic mass is 32.1. The van der Waals surface area contributed by atoms with Crippen molar-refractivity contribution in [3.8, 4) is 5.75 Å². The average molecular weight is 206 g/mol. The van der Waals surface area contributed by atoms with Crippen molar-refractivity contribution >= 4 is 11.3 Å². The number of pyridine rings is 1. The maximum Gasteiger partial charge on any atom is 0.138 e. The Hall–Kier alpha value is -1.42. The molecule has 2 rings (SSSR count). The van der Waals surface area contributed by atoms with Gasteiger partial charge in [0, 0.05) is 11.6 Å². The van der Waals surface area contributed by atoms with Crippen molar-refractivity contribution in [2.45, 2.75) is 13.5 Å². The van der Waals surface area contributed by atoms with Gasteiger partial charge < -0.3 is 4.74 Å². The lowest BCUT2D eigenvalue weighted by molar-refractivity contribution is 0.301. The summed E-state index contributed by atoms with van der Waals surface area (Å²) < 4.78 is 5.49. The smallest absolute Gasteiger partial charge is 0.138 e. The lowest BCUT2D eigenvalue weighted by atomic mass is 10.4. The first-order chi connectivity index (χ1) is 6.84. The van der Waals surface area contributed by atoms with Gasteiger partial charge in [0.15, 0.2) is 0 Å². The molecule has 0 aliphatic heterocycles. The third kappa shape index (κ3) is 2.29. The highest BCUT2D eigenvalue weighted by molar-refractivity contribution is 7.09. The van der Waals surface area contributed by atoms with Crippen molar-refractivity contribution in [3.63, 3.8) is 0 Å². The minimum absolute atomic E-state index is 0.510. The van der Waals surface area contributed by atoms with Crippen molar-refractivity contribution in [2.24, 2.45) is 0 Å². The molecule has 0 aromatic carbocycles. The Morgan fingerprint density at radius 1 is 1.50 bits per heavy atom. The molecule has 0 radical (unpaired) electrons. The third-order valence-corrected chi connectivity index (χ3v) is 2.51. The first-order valence-electron chi connectivity index (χ1n) is 4.28. The van der Waals surface area contributed by atoms with Gasteiger partial charge in [-0.1, -0.05) is 0 Å². The average Bonchev–Trinajstić information content (AvgIpc) is 2.63. The number of aromatic nitrogens is 2. The van der Waals surface area contributed by atoms with E-state index < -0.39 is 0 Å². The molecule has 72 valence electrons. The zero-order valence-corrected chi connectivity index (χ0v) is 8.62. The van der Waals surface area contributed by atoms with Gasteiger partial charge in [-0.15, -0.1) is 11.3 Å². The van der Waals surface area contributed by atoms with Gasteiger partial charge in [0.1, 0.15) is 12.4 Å². The molecule has 4 heteroatoms. The van der Waals surface area contributed by atoms with Crippen LogP contribution in [0.4, 0.5) is 0 Å². The maximum absolute atomic E-state index is 5.49. The summed E-state index contributed by atoms with van der Waals surface area (Å²) in [4.78, 5) is 8.26. The van der Waals surface area contributed by atoms with Crippen LogP contribution in [-0.4, -0.2) is 9.97 Å². The third-order valence-electron chi connectivity index (χ3n) is 1.69. The van der Waals surface area contributed by atoms with Crippen LogP contribution in [0.15, 0.2) is 29.9 Å². The highest BCUT2D eigenvalue weighted by Gasteiger charge is 1.98. The fourth-order valence-corrected chi connectivity index (χ4v) is 1.66. The molecule has 0 fully saturated rings. The Labute approximate surface area is 86.4 Å². The number of hydrogen-bond donors (Lipinski definition) is 0. The molecule has 0 aliphatic carbocycles. The number of nitrogens with zero attached hydrogens (tertiary/aromatic N) is 2. The summed E-state index contributed by atoms with van der Waals surface area (Å²) in [5.41, 5.74) is 0.969. The summed E-state index contributed by atoms with van der Waals surface area (Å²) in [6.45, 7) is 2.49. The Kier molecular flexibility index (Phi) is 2.74. The number of hydrogen-bond acceptors (Lipinski definition) is 4. The Morgan fingerprint density at radius 3 is 3.07 bits per heavy atom. The first kappa shape index (κ1) is 9.15. The fourth-order valence-electron chi connectivity index (χ4n) is 1.06. The van der Waals surface area contributed by atoms with E-state index in [9.17, 15) is 0 Å². The van der Waals surface area contributed by atoms with E-state index in [1.54, 1.807) is 23.7 Å². The summed E-state index contributed by atoms with van der Waals surface area (Å²) in [6.07, 6.45) is 3.42. The van der Waals surface area contributed by atoms with Gasteiger partial charge in [-0.05, 0) is 19.1 Å². The minimum atomic E-state index is 0.510. The van der Waals surface area contributed by atoms with Crippen LogP contribution in [0.25, 0.3) is 0 Å². The van der Waals surface area contributed by atoms with Gasteiger partial charge in [-0.3, -0.25) is 4.98 Å². The topological polar surface area (TPSA) is 35.0 Å². The highest BCUT2D eigenvalue weighted by Crippen LogP contribution is 2.12. The Morgan fingerprint density at radius 2 is 2.43 bits per heavy atom. The second kappa shape index (κ2) is 4.19. The van der Waals surface area contributed by atoms with Crippen molar-refractivity contribution < 1.29 is 4.74 Å². The molecular weight excluding hydrogens is 196 g/mol. The summed E-state index contributed by atoms with van der Waals surface area (Å²) >= 11 is 1.63. The van der Waals surface area contributed by atoms with Gasteiger partial charge >= 0.3 is 0 Å². The van der Waals surface area contributed by atoms with E-state index in [-0.39, 0.29) is 0 Å². The predicted molar refractivity (Wildman–Crippen MR) is 55.4 cm³/mol. The van der Waals surface area contributed by atoms with Gasteiger partial charge in [0.2, 0.25) is 0 Å². The quantitative estimate of drug-likeness (QED) is 0.773. The van der Waals surface area contributed by atoms with E-state index in [0.29, 0.717) is 6.61 Å². The summed E-state index contributed by atoms with van der Waals surface area (Å²) in [7, 11) is 0. The molecule has 0 unspecified atom stereocenters. The molecule has 0 atom stereocenters. The maximum atomic E-state index is 5.49. The normalized spacial score (nSPS) is 10.1. The molecule has 3 nitrogen and oxygen atoms in total. The van der Waals surface area contributed by atoms with E-state index in [4.69, 9.17) is 4.74 Å². The fraction of sp³-hybridized carbons (Fsp3) is 0.200. The molecular formula is C10H10N2OS. The first-order valence-corrected chi connectivity index (χ1v) is 5.16. The van der Waals surface area contributed by atoms with E-state index >= 15 is 0 Å². The minimum Gasteiger partial charge on any atom is -0.486 e. The zero-order chi connectivity index (χ0) is 9.80. The molecule has 0 spiro atoms. The molecule has 14 heavy (non-hydrogen) atoms. The van der Waals surface area contributed by atoms with Crippen LogP contribution in [0.5, 0.6) is 5.75 Å². The Bertz CT molecular complexity index is 400. The molecule has 0 aliphatic rings. The zero-order valence-electron chi connectivity index (χ0n) is 7.80. The molecule has 0 bridgehead atoms. The van der Waals surface area contributed by atoms with Gasteiger partial charge in [0.05, 0.1) is 16.9 Å². The van der Waals surface area contributed by atoms with Crippen molar-refractivity contribution in [1.29, 1.82) is 0 Å².